The fraction of sp³-hybridized carbons (Fsp3) is 0.611. The van der Waals surface area contributed by atoms with Crippen molar-refractivity contribution in [3.63, 3.8) is 0 Å². The van der Waals surface area contributed by atoms with Gasteiger partial charge < -0.3 is 19.7 Å². The number of amides is 1. The molecule has 2 heterocycles. The fourth-order valence-electron chi connectivity index (χ4n) is 3.43. The molecule has 2 saturated heterocycles. The largest absolute Gasteiger partial charge is 0.376 e. The van der Waals surface area contributed by atoms with Crippen molar-refractivity contribution >= 4 is 11.6 Å². The number of hydrogen-bond acceptors (Lipinski definition) is 4. The smallest absolute Gasteiger partial charge is 0.241 e. The van der Waals surface area contributed by atoms with Crippen LogP contribution in [0.4, 0.5) is 5.69 Å². The number of para-hydroxylation sites is 1. The Kier molecular flexibility index (Phi) is 4.60. The Labute approximate surface area is 137 Å². The molecule has 23 heavy (non-hydrogen) atoms. The number of likely N-dealkylation sites (tertiary alicyclic amines) is 1. The van der Waals surface area contributed by atoms with Crippen molar-refractivity contribution in [1.82, 2.24) is 4.90 Å². The Morgan fingerprint density at radius 2 is 1.96 bits per heavy atom. The van der Waals surface area contributed by atoms with Gasteiger partial charge in [0.2, 0.25) is 5.91 Å². The Morgan fingerprint density at radius 3 is 2.52 bits per heavy atom. The molecule has 1 N–H and O–H groups in total. The summed E-state index contributed by atoms with van der Waals surface area (Å²) in [6, 6.07) is 6.14. The maximum absolute atomic E-state index is 12.4. The van der Waals surface area contributed by atoms with E-state index in [4.69, 9.17) is 9.47 Å². The third kappa shape index (κ3) is 3.51. The number of ether oxygens (including phenoxy) is 2. The molecule has 1 unspecified atom stereocenters. The number of aryl methyl sites for hydroxylation is 2. The van der Waals surface area contributed by atoms with Crippen LogP contribution in [0.15, 0.2) is 18.2 Å². The molecule has 2 aliphatic rings. The first-order valence-electron chi connectivity index (χ1n) is 8.39. The van der Waals surface area contributed by atoms with Gasteiger partial charge in [0.1, 0.15) is 0 Å². The van der Waals surface area contributed by atoms with Gasteiger partial charge in [-0.05, 0) is 31.9 Å². The van der Waals surface area contributed by atoms with Crippen LogP contribution in [0.1, 0.15) is 30.9 Å². The molecule has 5 heteroatoms. The van der Waals surface area contributed by atoms with Crippen LogP contribution in [0, 0.1) is 13.8 Å². The van der Waals surface area contributed by atoms with Crippen molar-refractivity contribution in [3.05, 3.63) is 29.3 Å². The maximum Gasteiger partial charge on any atom is 0.241 e. The van der Waals surface area contributed by atoms with Crippen LogP contribution in [0.2, 0.25) is 0 Å². The third-order valence-electron chi connectivity index (χ3n) is 4.77. The maximum atomic E-state index is 12.4. The fourth-order valence-corrected chi connectivity index (χ4v) is 3.43. The van der Waals surface area contributed by atoms with E-state index in [1.165, 1.54) is 0 Å². The van der Waals surface area contributed by atoms with Crippen molar-refractivity contribution in [1.29, 1.82) is 0 Å². The van der Waals surface area contributed by atoms with Crippen molar-refractivity contribution < 1.29 is 14.3 Å². The first kappa shape index (κ1) is 16.3. The summed E-state index contributed by atoms with van der Waals surface area (Å²) in [7, 11) is 0. The number of hydrogen-bond donors (Lipinski definition) is 1. The summed E-state index contributed by atoms with van der Waals surface area (Å²) >= 11 is 0. The molecule has 0 aromatic heterocycles. The highest BCUT2D eigenvalue weighted by atomic mass is 16.7. The van der Waals surface area contributed by atoms with Gasteiger partial charge >= 0.3 is 0 Å². The van der Waals surface area contributed by atoms with Crippen LogP contribution in [0.25, 0.3) is 0 Å². The number of carbonyl (C=O) groups is 1. The molecule has 1 aromatic rings. The second-order valence-electron chi connectivity index (χ2n) is 6.65. The third-order valence-corrected chi connectivity index (χ3v) is 4.77. The quantitative estimate of drug-likeness (QED) is 0.930. The van der Waals surface area contributed by atoms with E-state index in [2.05, 4.69) is 31.3 Å². The van der Waals surface area contributed by atoms with Crippen molar-refractivity contribution in [2.75, 3.05) is 31.6 Å². The number of rotatable bonds is 3. The van der Waals surface area contributed by atoms with Gasteiger partial charge in [0.15, 0.2) is 5.79 Å². The zero-order valence-electron chi connectivity index (χ0n) is 14.2. The Morgan fingerprint density at radius 1 is 1.30 bits per heavy atom. The van der Waals surface area contributed by atoms with E-state index in [1.807, 2.05) is 17.9 Å². The van der Waals surface area contributed by atoms with Gasteiger partial charge in [0.25, 0.3) is 0 Å². The molecule has 2 fully saturated rings. The SMILES string of the molecule is Cc1cccc(C)c1NCC(=O)N1CCC2(CC1)OCC(C)O2. The molecule has 0 radical (unpaired) electrons. The van der Waals surface area contributed by atoms with Crippen LogP contribution in [0.5, 0.6) is 0 Å². The van der Waals surface area contributed by atoms with Gasteiger partial charge in [0, 0.05) is 31.6 Å². The number of nitrogens with zero attached hydrogens (tertiary/aromatic N) is 1. The number of anilines is 1. The summed E-state index contributed by atoms with van der Waals surface area (Å²) in [6.45, 7) is 8.51. The van der Waals surface area contributed by atoms with Gasteiger partial charge in [-0.15, -0.1) is 0 Å². The van der Waals surface area contributed by atoms with Crippen molar-refractivity contribution in [2.45, 2.75) is 45.5 Å². The van der Waals surface area contributed by atoms with E-state index in [0.717, 1.165) is 29.7 Å². The summed E-state index contributed by atoms with van der Waals surface area (Å²) < 4.78 is 11.7. The zero-order chi connectivity index (χ0) is 16.4. The van der Waals surface area contributed by atoms with Gasteiger partial charge in [-0.3, -0.25) is 4.79 Å². The first-order valence-corrected chi connectivity index (χ1v) is 8.39. The molecule has 1 spiro atoms. The number of benzene rings is 1. The minimum atomic E-state index is -0.448. The Balaban J connectivity index is 1.52. The molecule has 3 rings (SSSR count). The molecule has 2 aliphatic heterocycles. The summed E-state index contributed by atoms with van der Waals surface area (Å²) in [5, 5.41) is 3.29. The van der Waals surface area contributed by atoms with Crippen LogP contribution >= 0.6 is 0 Å². The highest BCUT2D eigenvalue weighted by Gasteiger charge is 2.43. The van der Waals surface area contributed by atoms with Gasteiger partial charge in [-0.1, -0.05) is 18.2 Å². The molecular formula is C18H26N2O3. The lowest BCUT2D eigenvalue weighted by molar-refractivity contribution is -0.194. The molecule has 1 amide bonds. The van der Waals surface area contributed by atoms with E-state index in [-0.39, 0.29) is 12.0 Å². The van der Waals surface area contributed by atoms with Crippen LogP contribution in [-0.4, -0.2) is 48.9 Å². The molecule has 0 bridgehead atoms. The second kappa shape index (κ2) is 6.49. The Hall–Kier alpha value is -1.59. The molecular weight excluding hydrogens is 292 g/mol. The van der Waals surface area contributed by atoms with Crippen LogP contribution in [-0.2, 0) is 14.3 Å². The second-order valence-corrected chi connectivity index (χ2v) is 6.65. The predicted octanol–water partition coefficient (Wildman–Crippen LogP) is 2.47. The molecule has 1 atom stereocenters. The lowest BCUT2D eigenvalue weighted by Gasteiger charge is -2.38. The topological polar surface area (TPSA) is 50.8 Å². The van der Waals surface area contributed by atoms with Crippen LogP contribution < -0.4 is 5.32 Å². The average Bonchev–Trinajstić information content (AvgIpc) is 2.88. The van der Waals surface area contributed by atoms with Gasteiger partial charge in [-0.2, -0.15) is 0 Å². The molecule has 126 valence electrons. The van der Waals surface area contributed by atoms with E-state index in [0.29, 0.717) is 26.2 Å². The summed E-state index contributed by atoms with van der Waals surface area (Å²) in [4.78, 5) is 14.3. The van der Waals surface area contributed by atoms with Gasteiger partial charge in [-0.25, -0.2) is 0 Å². The normalized spacial score (nSPS) is 23.3. The average molecular weight is 318 g/mol. The molecule has 0 aliphatic carbocycles. The number of nitrogens with one attached hydrogen (secondary N) is 1. The predicted molar refractivity (Wildman–Crippen MR) is 89.4 cm³/mol. The number of piperidine rings is 1. The zero-order valence-corrected chi connectivity index (χ0v) is 14.2. The van der Waals surface area contributed by atoms with E-state index in [1.54, 1.807) is 0 Å². The lowest BCUT2D eigenvalue weighted by Crippen LogP contribution is -2.48. The lowest BCUT2D eigenvalue weighted by atomic mass is 10.0. The van der Waals surface area contributed by atoms with Crippen molar-refractivity contribution in [3.8, 4) is 0 Å². The standard InChI is InChI=1S/C18H26N2O3/c1-13-5-4-6-14(2)17(13)19-11-16(21)20-9-7-18(8-10-20)22-12-15(3)23-18/h4-6,15,19H,7-12H2,1-3H3. The summed E-state index contributed by atoms with van der Waals surface area (Å²) in [5.41, 5.74) is 3.39. The summed E-state index contributed by atoms with van der Waals surface area (Å²) in [6.07, 6.45) is 1.67. The highest BCUT2D eigenvalue weighted by Crippen LogP contribution is 2.33. The monoisotopic (exact) mass is 318 g/mol. The van der Waals surface area contributed by atoms with Gasteiger partial charge in [0.05, 0.1) is 19.3 Å². The first-order chi connectivity index (χ1) is 11.0. The van der Waals surface area contributed by atoms with Crippen LogP contribution in [0.3, 0.4) is 0 Å². The van der Waals surface area contributed by atoms with E-state index in [9.17, 15) is 4.79 Å². The van der Waals surface area contributed by atoms with E-state index < -0.39 is 5.79 Å². The molecule has 0 saturated carbocycles. The Bertz CT molecular complexity index is 559. The molecule has 5 nitrogen and oxygen atoms in total. The summed E-state index contributed by atoms with van der Waals surface area (Å²) in [5.74, 6) is -0.315. The minimum Gasteiger partial charge on any atom is -0.376 e. The van der Waals surface area contributed by atoms with Crippen molar-refractivity contribution in [2.24, 2.45) is 0 Å². The number of carbonyl (C=O) groups excluding carboxylic acids is 1. The molecule has 1 aromatic carbocycles. The van der Waals surface area contributed by atoms with E-state index >= 15 is 0 Å². The minimum absolute atomic E-state index is 0.133. The highest BCUT2D eigenvalue weighted by molar-refractivity contribution is 5.81.